The molecule has 0 aliphatic rings. The van der Waals surface area contributed by atoms with E-state index in [1.165, 1.54) is 0 Å². The molecular formula is C20H23N3S. The number of anilines is 1. The average Bonchev–Trinajstić information content (AvgIpc) is 2.54. The summed E-state index contributed by atoms with van der Waals surface area (Å²) in [6.07, 6.45) is 0. The number of nitrogens with zero attached hydrogens (tertiary/aromatic N) is 2. The number of para-hydroxylation sites is 2. The molecular weight excluding hydrogens is 314 g/mol. The second-order valence-corrected chi connectivity index (χ2v) is 6.93. The highest BCUT2D eigenvalue weighted by Gasteiger charge is 2.18. The maximum absolute atomic E-state index is 5.73. The van der Waals surface area contributed by atoms with E-state index < -0.39 is 0 Å². The van der Waals surface area contributed by atoms with Crippen LogP contribution in [-0.2, 0) is 0 Å². The highest BCUT2D eigenvalue weighted by Crippen LogP contribution is 2.31. The Hall–Kier alpha value is -2.20. The van der Waals surface area contributed by atoms with Gasteiger partial charge in [-0.25, -0.2) is 4.98 Å². The molecule has 1 aromatic heterocycles. The first-order valence-corrected chi connectivity index (χ1v) is 8.76. The van der Waals surface area contributed by atoms with Gasteiger partial charge in [-0.1, -0.05) is 36.4 Å². The SMILES string of the molecule is CC(C)N(C(=S)Nc1c2ccccc2nc2ccccc12)C(C)C. The van der Waals surface area contributed by atoms with Gasteiger partial charge in [0.05, 0.1) is 16.7 Å². The molecule has 0 unspecified atom stereocenters. The number of aromatic nitrogens is 1. The molecule has 0 aliphatic carbocycles. The predicted molar refractivity (Wildman–Crippen MR) is 108 cm³/mol. The van der Waals surface area contributed by atoms with Crippen molar-refractivity contribution in [2.24, 2.45) is 0 Å². The van der Waals surface area contributed by atoms with E-state index in [2.05, 4.69) is 50.0 Å². The van der Waals surface area contributed by atoms with Gasteiger partial charge in [-0.05, 0) is 52.0 Å². The van der Waals surface area contributed by atoms with Gasteiger partial charge >= 0.3 is 0 Å². The summed E-state index contributed by atoms with van der Waals surface area (Å²) >= 11 is 5.73. The Morgan fingerprint density at radius 1 is 0.875 bits per heavy atom. The summed E-state index contributed by atoms with van der Waals surface area (Å²) in [5, 5.41) is 6.44. The van der Waals surface area contributed by atoms with Gasteiger partial charge in [0.2, 0.25) is 0 Å². The summed E-state index contributed by atoms with van der Waals surface area (Å²) in [5.74, 6) is 0. The zero-order valence-electron chi connectivity index (χ0n) is 14.6. The number of rotatable bonds is 3. The molecule has 0 aliphatic heterocycles. The standard InChI is InChI=1S/C20H23N3S/c1-13(2)23(14(3)4)20(24)22-19-15-9-5-7-11-17(15)21-18-12-8-6-10-16(18)19/h5-14H,1-4H3,(H,21,22,24). The fourth-order valence-corrected chi connectivity index (χ4v) is 3.74. The first kappa shape index (κ1) is 16.7. The van der Waals surface area contributed by atoms with Crippen molar-refractivity contribution in [2.75, 3.05) is 5.32 Å². The minimum absolute atomic E-state index is 0.337. The van der Waals surface area contributed by atoms with Crippen LogP contribution < -0.4 is 5.32 Å². The number of fused-ring (bicyclic) bond motifs is 2. The second-order valence-electron chi connectivity index (χ2n) is 6.55. The third-order valence-corrected chi connectivity index (χ3v) is 4.48. The van der Waals surface area contributed by atoms with Crippen molar-refractivity contribution in [3.05, 3.63) is 48.5 Å². The van der Waals surface area contributed by atoms with Gasteiger partial charge < -0.3 is 10.2 Å². The minimum atomic E-state index is 0.337. The number of pyridine rings is 1. The van der Waals surface area contributed by atoms with Crippen molar-refractivity contribution >= 4 is 44.8 Å². The number of nitrogens with one attached hydrogen (secondary N) is 1. The zero-order valence-corrected chi connectivity index (χ0v) is 15.4. The third kappa shape index (κ3) is 3.06. The van der Waals surface area contributed by atoms with Crippen molar-refractivity contribution in [2.45, 2.75) is 39.8 Å². The molecule has 1 N–H and O–H groups in total. The quantitative estimate of drug-likeness (QED) is 0.525. The summed E-state index contributed by atoms with van der Waals surface area (Å²) in [7, 11) is 0. The van der Waals surface area contributed by atoms with E-state index in [9.17, 15) is 0 Å². The Morgan fingerprint density at radius 3 is 1.79 bits per heavy atom. The van der Waals surface area contributed by atoms with Gasteiger partial charge in [0.25, 0.3) is 0 Å². The van der Waals surface area contributed by atoms with Gasteiger partial charge in [0.15, 0.2) is 5.11 Å². The van der Waals surface area contributed by atoms with Gasteiger partial charge in [-0.15, -0.1) is 0 Å². The molecule has 3 aromatic rings. The molecule has 0 bridgehead atoms. The Kier molecular flexibility index (Phi) is 4.67. The minimum Gasteiger partial charge on any atom is -0.344 e. The number of benzene rings is 2. The van der Waals surface area contributed by atoms with E-state index in [1.54, 1.807) is 0 Å². The summed E-state index contributed by atoms with van der Waals surface area (Å²) in [4.78, 5) is 6.99. The van der Waals surface area contributed by atoms with E-state index >= 15 is 0 Å². The summed E-state index contributed by atoms with van der Waals surface area (Å²) in [5.41, 5.74) is 2.98. The Balaban J connectivity index is 2.14. The predicted octanol–water partition coefficient (Wildman–Crippen LogP) is 5.20. The summed E-state index contributed by atoms with van der Waals surface area (Å²) < 4.78 is 0. The van der Waals surface area contributed by atoms with Crippen LogP contribution in [0.25, 0.3) is 21.8 Å². The van der Waals surface area contributed by atoms with Crippen molar-refractivity contribution in [1.82, 2.24) is 9.88 Å². The van der Waals surface area contributed by atoms with Gasteiger partial charge in [-0.3, -0.25) is 0 Å². The summed E-state index contributed by atoms with van der Waals surface area (Å²) in [6, 6.07) is 17.0. The van der Waals surface area contributed by atoms with Crippen molar-refractivity contribution in [3.63, 3.8) is 0 Å². The molecule has 3 nitrogen and oxygen atoms in total. The maximum Gasteiger partial charge on any atom is 0.173 e. The van der Waals surface area contributed by atoms with E-state index in [4.69, 9.17) is 17.2 Å². The summed E-state index contributed by atoms with van der Waals surface area (Å²) in [6.45, 7) is 8.65. The molecule has 2 aromatic carbocycles. The van der Waals surface area contributed by atoms with Crippen LogP contribution >= 0.6 is 12.2 Å². The third-order valence-electron chi connectivity index (χ3n) is 4.17. The van der Waals surface area contributed by atoms with Crippen LogP contribution in [0.2, 0.25) is 0 Å². The molecule has 4 heteroatoms. The first-order chi connectivity index (χ1) is 11.5. The molecule has 0 radical (unpaired) electrons. The van der Waals surface area contributed by atoms with Crippen LogP contribution in [0, 0.1) is 0 Å². The van der Waals surface area contributed by atoms with Crippen LogP contribution in [0.5, 0.6) is 0 Å². The van der Waals surface area contributed by atoms with Crippen molar-refractivity contribution < 1.29 is 0 Å². The lowest BCUT2D eigenvalue weighted by Crippen LogP contribution is -2.44. The highest BCUT2D eigenvalue weighted by molar-refractivity contribution is 7.80. The zero-order chi connectivity index (χ0) is 17.3. The lowest BCUT2D eigenvalue weighted by atomic mass is 10.1. The van der Waals surface area contributed by atoms with Crippen LogP contribution in [0.4, 0.5) is 5.69 Å². The number of thiocarbonyl (C=S) groups is 1. The van der Waals surface area contributed by atoms with Crippen LogP contribution in [0.15, 0.2) is 48.5 Å². The normalized spacial score (nSPS) is 11.4. The number of hydrogen-bond donors (Lipinski definition) is 1. The van der Waals surface area contributed by atoms with E-state index in [-0.39, 0.29) is 0 Å². The smallest absolute Gasteiger partial charge is 0.173 e. The highest BCUT2D eigenvalue weighted by atomic mass is 32.1. The second kappa shape index (κ2) is 6.73. The van der Waals surface area contributed by atoms with Crippen LogP contribution in [0.3, 0.4) is 0 Å². The molecule has 0 amide bonds. The molecule has 0 spiro atoms. The van der Waals surface area contributed by atoms with Gasteiger partial charge in [0.1, 0.15) is 0 Å². The molecule has 0 saturated carbocycles. The fourth-order valence-electron chi connectivity index (χ4n) is 3.21. The van der Waals surface area contributed by atoms with Crippen molar-refractivity contribution in [3.8, 4) is 0 Å². The molecule has 0 fully saturated rings. The molecule has 24 heavy (non-hydrogen) atoms. The van der Waals surface area contributed by atoms with Crippen molar-refractivity contribution in [1.29, 1.82) is 0 Å². The van der Waals surface area contributed by atoms with E-state index in [0.29, 0.717) is 12.1 Å². The monoisotopic (exact) mass is 337 g/mol. The molecule has 0 atom stereocenters. The first-order valence-electron chi connectivity index (χ1n) is 8.36. The molecule has 0 saturated heterocycles. The Labute approximate surface area is 148 Å². The molecule has 1 heterocycles. The van der Waals surface area contributed by atoms with Crippen LogP contribution in [0.1, 0.15) is 27.7 Å². The lowest BCUT2D eigenvalue weighted by molar-refractivity contribution is 0.297. The molecule has 3 rings (SSSR count). The maximum atomic E-state index is 5.73. The Bertz CT molecular complexity index is 824. The lowest BCUT2D eigenvalue weighted by Gasteiger charge is -2.33. The molecule has 124 valence electrons. The van der Waals surface area contributed by atoms with Gasteiger partial charge in [-0.2, -0.15) is 0 Å². The number of hydrogen-bond acceptors (Lipinski definition) is 2. The van der Waals surface area contributed by atoms with E-state index in [1.807, 2.05) is 36.4 Å². The topological polar surface area (TPSA) is 28.2 Å². The Morgan fingerprint density at radius 2 is 1.33 bits per heavy atom. The van der Waals surface area contributed by atoms with Gasteiger partial charge in [0, 0.05) is 22.9 Å². The largest absolute Gasteiger partial charge is 0.344 e. The average molecular weight is 337 g/mol. The van der Waals surface area contributed by atoms with E-state index in [0.717, 1.165) is 32.6 Å². The van der Waals surface area contributed by atoms with Crippen LogP contribution in [-0.4, -0.2) is 27.1 Å². The fraction of sp³-hybridized carbons (Fsp3) is 0.300.